The van der Waals surface area contributed by atoms with E-state index in [9.17, 15) is 4.79 Å². The van der Waals surface area contributed by atoms with Gasteiger partial charge in [-0.15, -0.1) is 6.58 Å². The summed E-state index contributed by atoms with van der Waals surface area (Å²) in [7, 11) is 0. The fraction of sp³-hybridized carbons (Fsp3) is 0.533. The molecule has 1 unspecified atom stereocenters. The lowest BCUT2D eigenvalue weighted by Gasteiger charge is -2.08. The predicted octanol–water partition coefficient (Wildman–Crippen LogP) is 4.35. The molecule has 0 heterocycles. The zero-order valence-electron chi connectivity index (χ0n) is 11.2. The minimum absolute atomic E-state index is 0.642. The van der Waals surface area contributed by atoms with E-state index in [-0.39, 0.29) is 0 Å². The number of aliphatic carboxylic acids is 1. The summed E-state index contributed by atoms with van der Waals surface area (Å²) in [5.41, 5.74) is 2.03. The lowest BCUT2D eigenvalue weighted by Crippen LogP contribution is -1.93. The number of hydrogen-bond donors (Lipinski definition) is 1. The van der Waals surface area contributed by atoms with Gasteiger partial charge in [-0.1, -0.05) is 31.1 Å². The highest BCUT2D eigenvalue weighted by molar-refractivity contribution is 5.81. The van der Waals surface area contributed by atoms with E-state index in [1.54, 1.807) is 6.92 Å². The van der Waals surface area contributed by atoms with Crippen LogP contribution in [0.2, 0.25) is 0 Å². The predicted molar refractivity (Wildman–Crippen MR) is 73.0 cm³/mol. The van der Waals surface area contributed by atoms with Gasteiger partial charge in [-0.3, -0.25) is 0 Å². The summed E-state index contributed by atoms with van der Waals surface area (Å²) in [5.74, 6) is -0.245. The number of carboxylic acids is 1. The van der Waals surface area contributed by atoms with Crippen LogP contribution in [0.3, 0.4) is 0 Å². The number of carboxylic acid groups (broad SMARTS) is 1. The number of rotatable bonds is 8. The van der Waals surface area contributed by atoms with Crippen LogP contribution in [-0.4, -0.2) is 11.1 Å². The van der Waals surface area contributed by atoms with Gasteiger partial charge in [-0.2, -0.15) is 0 Å². The van der Waals surface area contributed by atoms with Gasteiger partial charge in [0.15, 0.2) is 0 Å². The van der Waals surface area contributed by atoms with Gasteiger partial charge in [0.25, 0.3) is 0 Å². The summed E-state index contributed by atoms with van der Waals surface area (Å²) in [4.78, 5) is 10.4. The van der Waals surface area contributed by atoms with E-state index in [0.29, 0.717) is 5.92 Å². The van der Waals surface area contributed by atoms with E-state index >= 15 is 0 Å². The Labute approximate surface area is 105 Å². The first-order chi connectivity index (χ1) is 7.91. The molecule has 0 aromatic heterocycles. The maximum Gasteiger partial charge on any atom is 0.328 e. The van der Waals surface area contributed by atoms with E-state index in [1.165, 1.54) is 24.5 Å². The second-order valence-electron chi connectivity index (χ2n) is 4.82. The third kappa shape index (κ3) is 11.0. The second-order valence-corrected chi connectivity index (χ2v) is 4.82. The molecule has 0 rings (SSSR count). The highest BCUT2D eigenvalue weighted by Crippen LogP contribution is 2.15. The molecule has 0 fully saturated rings. The molecule has 0 saturated carbocycles. The van der Waals surface area contributed by atoms with Crippen molar-refractivity contribution in [3.63, 3.8) is 0 Å². The summed E-state index contributed by atoms with van der Waals surface area (Å²) < 4.78 is 0. The molecular formula is C15H24O2. The third-order valence-corrected chi connectivity index (χ3v) is 2.57. The van der Waals surface area contributed by atoms with E-state index in [4.69, 9.17) is 5.11 Å². The molecule has 0 aromatic carbocycles. The molecule has 0 aliphatic rings. The van der Waals surface area contributed by atoms with E-state index in [0.717, 1.165) is 18.4 Å². The Kier molecular flexibility index (Phi) is 8.12. The van der Waals surface area contributed by atoms with E-state index < -0.39 is 5.97 Å². The van der Waals surface area contributed by atoms with Crippen LogP contribution >= 0.6 is 0 Å². The van der Waals surface area contributed by atoms with Crippen molar-refractivity contribution in [1.29, 1.82) is 0 Å². The normalized spacial score (nSPS) is 13.9. The fourth-order valence-electron chi connectivity index (χ4n) is 1.60. The number of carbonyl (C=O) groups is 1. The van der Waals surface area contributed by atoms with Crippen LogP contribution in [0, 0.1) is 5.92 Å². The summed E-state index contributed by atoms with van der Waals surface area (Å²) >= 11 is 0. The minimum atomic E-state index is -0.887. The highest BCUT2D eigenvalue weighted by atomic mass is 16.4. The standard InChI is InChI=1S/C15H24O2/c1-12(2)7-5-8-13(3)9-6-10-14(4)11-15(16)17/h6,10-11,13H,1,5,7-9H2,2-4H3,(H,16,17)/b10-6+,14-11+. The molecule has 0 amide bonds. The number of hydrogen-bond acceptors (Lipinski definition) is 1. The molecule has 0 aliphatic heterocycles. The van der Waals surface area contributed by atoms with Crippen molar-refractivity contribution in [2.75, 3.05) is 0 Å². The summed E-state index contributed by atoms with van der Waals surface area (Å²) in [6.07, 6.45) is 9.64. The first-order valence-corrected chi connectivity index (χ1v) is 6.14. The maximum absolute atomic E-state index is 10.4. The van der Waals surface area contributed by atoms with Crippen LogP contribution in [0.5, 0.6) is 0 Å². The average Bonchev–Trinajstić information content (AvgIpc) is 2.15. The van der Waals surface area contributed by atoms with Gasteiger partial charge in [0, 0.05) is 6.08 Å². The Hall–Kier alpha value is -1.31. The van der Waals surface area contributed by atoms with Crippen LogP contribution in [-0.2, 0) is 4.79 Å². The first kappa shape index (κ1) is 15.7. The summed E-state index contributed by atoms with van der Waals surface area (Å²) in [5, 5.41) is 8.54. The Morgan fingerprint density at radius 3 is 2.59 bits per heavy atom. The summed E-state index contributed by atoms with van der Waals surface area (Å²) in [6, 6.07) is 0. The molecule has 0 aromatic rings. The topological polar surface area (TPSA) is 37.3 Å². The van der Waals surface area contributed by atoms with Gasteiger partial charge in [-0.25, -0.2) is 4.79 Å². The molecule has 0 saturated heterocycles. The van der Waals surface area contributed by atoms with Crippen LogP contribution in [0.25, 0.3) is 0 Å². The van der Waals surface area contributed by atoms with Crippen LogP contribution in [0.4, 0.5) is 0 Å². The van der Waals surface area contributed by atoms with Crippen molar-refractivity contribution in [3.05, 3.63) is 36.0 Å². The molecule has 0 bridgehead atoms. The van der Waals surface area contributed by atoms with E-state index in [1.807, 2.05) is 6.08 Å². The maximum atomic E-state index is 10.4. The fourth-order valence-corrected chi connectivity index (χ4v) is 1.60. The Morgan fingerprint density at radius 2 is 2.06 bits per heavy atom. The second kappa shape index (κ2) is 8.80. The van der Waals surface area contributed by atoms with Gasteiger partial charge in [0.05, 0.1) is 0 Å². The minimum Gasteiger partial charge on any atom is -0.478 e. The van der Waals surface area contributed by atoms with Crippen molar-refractivity contribution < 1.29 is 9.90 Å². The van der Waals surface area contributed by atoms with Crippen molar-refractivity contribution >= 4 is 5.97 Å². The molecule has 0 spiro atoms. The first-order valence-electron chi connectivity index (χ1n) is 6.14. The van der Waals surface area contributed by atoms with Gasteiger partial charge >= 0.3 is 5.97 Å². The van der Waals surface area contributed by atoms with Gasteiger partial charge in [0.1, 0.15) is 0 Å². The van der Waals surface area contributed by atoms with Gasteiger partial charge in [0.2, 0.25) is 0 Å². The molecule has 17 heavy (non-hydrogen) atoms. The molecule has 0 aliphatic carbocycles. The summed E-state index contributed by atoms with van der Waals surface area (Å²) in [6.45, 7) is 9.97. The molecular weight excluding hydrogens is 212 g/mol. The van der Waals surface area contributed by atoms with Crippen molar-refractivity contribution in [2.45, 2.75) is 46.5 Å². The molecule has 1 N–H and O–H groups in total. The SMILES string of the molecule is C=C(C)CCCC(C)C/C=C/C(C)=C/C(=O)O. The average molecular weight is 236 g/mol. The lowest BCUT2D eigenvalue weighted by molar-refractivity contribution is -0.131. The van der Waals surface area contributed by atoms with Crippen molar-refractivity contribution in [1.82, 2.24) is 0 Å². The monoisotopic (exact) mass is 236 g/mol. The molecule has 96 valence electrons. The molecule has 0 radical (unpaired) electrons. The van der Waals surface area contributed by atoms with Crippen LogP contribution in [0.1, 0.15) is 46.5 Å². The Morgan fingerprint density at radius 1 is 1.41 bits per heavy atom. The van der Waals surface area contributed by atoms with Gasteiger partial charge < -0.3 is 5.11 Å². The van der Waals surface area contributed by atoms with Crippen molar-refractivity contribution in [3.8, 4) is 0 Å². The highest BCUT2D eigenvalue weighted by Gasteiger charge is 1.99. The zero-order chi connectivity index (χ0) is 13.3. The van der Waals surface area contributed by atoms with Crippen molar-refractivity contribution in [2.24, 2.45) is 5.92 Å². The largest absolute Gasteiger partial charge is 0.478 e. The molecule has 1 atom stereocenters. The smallest absolute Gasteiger partial charge is 0.328 e. The third-order valence-electron chi connectivity index (χ3n) is 2.57. The zero-order valence-corrected chi connectivity index (χ0v) is 11.2. The van der Waals surface area contributed by atoms with Crippen LogP contribution in [0.15, 0.2) is 36.0 Å². The molecule has 2 heteroatoms. The lowest BCUT2D eigenvalue weighted by atomic mass is 9.98. The van der Waals surface area contributed by atoms with Gasteiger partial charge in [-0.05, 0) is 44.6 Å². The molecule has 2 nitrogen and oxygen atoms in total. The Balaban J connectivity index is 3.83. The Bertz CT molecular complexity index is 311. The van der Waals surface area contributed by atoms with Crippen LogP contribution < -0.4 is 0 Å². The quantitative estimate of drug-likeness (QED) is 0.386. The number of allylic oxidation sites excluding steroid dienone is 4. The van der Waals surface area contributed by atoms with E-state index in [2.05, 4.69) is 26.5 Å².